The Kier molecular flexibility index (Phi) is 38.3. The second-order valence-electron chi connectivity index (χ2n) is 16.3. The van der Waals surface area contributed by atoms with E-state index in [1.165, 1.54) is 64.2 Å². The van der Waals surface area contributed by atoms with E-state index in [2.05, 4.69) is 74.6 Å². The third kappa shape index (κ3) is 38.3. The quantitative estimate of drug-likeness (QED) is 0.0263. The summed E-state index contributed by atoms with van der Waals surface area (Å²) in [5.41, 5.74) is 0. The molecule has 0 amide bonds. The van der Waals surface area contributed by atoms with Crippen LogP contribution in [0.1, 0.15) is 174 Å². The minimum Gasteiger partial charge on any atom is -0.544 e. The molecule has 0 aromatic heterocycles. The number of likely N-dealkylation sites (N-methyl/N-ethyl adjacent to an activating group) is 1. The lowest BCUT2D eigenvalue weighted by atomic mass is 10.1. The Morgan fingerprint density at radius 1 is 0.534 bits per heavy atom. The molecule has 0 aliphatic heterocycles. The normalized spacial score (nSPS) is 13.6. The molecule has 0 rings (SSSR count). The van der Waals surface area contributed by atoms with Crippen LogP contribution in [-0.4, -0.2) is 75.5 Å². The van der Waals surface area contributed by atoms with Gasteiger partial charge in [0.15, 0.2) is 6.10 Å². The van der Waals surface area contributed by atoms with E-state index in [1.54, 1.807) is 21.1 Å². The standard InChI is InChI=1S/C50H85NO7/c1-6-8-10-12-14-16-18-20-22-24-25-27-29-31-33-35-37-39-41-49(53)58-46(44-56-43-42-47(50(54)55)51(3,4)5)45-57-48(52)40-38-36-34-32-30-28-26-23-21-19-17-15-13-11-9-7-2/h9,11,15,17,21,23,25,27-28,30,34,36,46-47H,6-8,10,12-14,16,18-20,22,24,26,29,31-33,35,37-45H2,1-5H3/b11-9+,17-15+,23-21+,27-25+,30-28+,36-34+. The van der Waals surface area contributed by atoms with E-state index in [-0.39, 0.29) is 49.1 Å². The van der Waals surface area contributed by atoms with Gasteiger partial charge >= 0.3 is 11.9 Å². The van der Waals surface area contributed by atoms with Crippen LogP contribution in [0, 0.1) is 0 Å². The molecule has 0 aliphatic rings. The highest BCUT2D eigenvalue weighted by atomic mass is 16.6. The lowest BCUT2D eigenvalue weighted by Gasteiger charge is -2.34. The molecule has 0 fully saturated rings. The number of ether oxygens (including phenoxy) is 3. The third-order valence-corrected chi connectivity index (χ3v) is 9.84. The summed E-state index contributed by atoms with van der Waals surface area (Å²) in [5, 5.41) is 11.6. The van der Waals surface area contributed by atoms with E-state index < -0.39 is 18.1 Å². The predicted octanol–water partition coefficient (Wildman–Crippen LogP) is 11.4. The van der Waals surface area contributed by atoms with Gasteiger partial charge in [-0.05, 0) is 70.6 Å². The van der Waals surface area contributed by atoms with Gasteiger partial charge in [0.1, 0.15) is 12.6 Å². The van der Waals surface area contributed by atoms with Gasteiger partial charge in [0.05, 0.1) is 40.3 Å². The number of unbranched alkanes of at least 4 members (excludes halogenated alkanes) is 14. The summed E-state index contributed by atoms with van der Waals surface area (Å²) in [7, 11) is 5.38. The predicted molar refractivity (Wildman–Crippen MR) is 240 cm³/mol. The minimum atomic E-state index is -1.14. The van der Waals surface area contributed by atoms with Crippen LogP contribution in [0.2, 0.25) is 0 Å². The summed E-state index contributed by atoms with van der Waals surface area (Å²) in [6.07, 6.45) is 50.9. The fourth-order valence-corrected chi connectivity index (χ4v) is 6.29. The highest BCUT2D eigenvalue weighted by Gasteiger charge is 2.25. The number of rotatable bonds is 40. The van der Waals surface area contributed by atoms with Gasteiger partial charge in [0.2, 0.25) is 0 Å². The number of nitrogens with zero attached hydrogens (tertiary/aromatic N) is 1. The van der Waals surface area contributed by atoms with Crippen LogP contribution in [-0.2, 0) is 28.6 Å². The number of carbonyl (C=O) groups excluding carboxylic acids is 3. The topological polar surface area (TPSA) is 102 Å². The van der Waals surface area contributed by atoms with Crippen LogP contribution < -0.4 is 5.11 Å². The molecule has 0 aliphatic carbocycles. The van der Waals surface area contributed by atoms with Crippen molar-refractivity contribution in [3.8, 4) is 0 Å². The fourth-order valence-electron chi connectivity index (χ4n) is 6.29. The van der Waals surface area contributed by atoms with Gasteiger partial charge in [0, 0.05) is 19.3 Å². The monoisotopic (exact) mass is 812 g/mol. The zero-order valence-corrected chi connectivity index (χ0v) is 37.7. The molecule has 0 saturated heterocycles. The van der Waals surface area contributed by atoms with Crippen LogP contribution in [0.25, 0.3) is 0 Å². The maximum atomic E-state index is 12.7. The maximum Gasteiger partial charge on any atom is 0.306 e. The van der Waals surface area contributed by atoms with Crippen LogP contribution >= 0.6 is 0 Å². The Morgan fingerprint density at radius 3 is 1.50 bits per heavy atom. The zero-order chi connectivity index (χ0) is 42.8. The molecule has 0 spiro atoms. The molecule has 0 bridgehead atoms. The molecule has 8 heteroatoms. The lowest BCUT2D eigenvalue weighted by Crippen LogP contribution is -2.55. The summed E-state index contributed by atoms with van der Waals surface area (Å²) in [4.78, 5) is 36.9. The van der Waals surface area contributed by atoms with E-state index >= 15 is 0 Å². The summed E-state index contributed by atoms with van der Waals surface area (Å²) in [6, 6.07) is -0.740. The van der Waals surface area contributed by atoms with Gasteiger partial charge in [-0.2, -0.15) is 0 Å². The number of carboxylic acid groups (broad SMARTS) is 1. The first-order valence-electron chi connectivity index (χ1n) is 23.0. The van der Waals surface area contributed by atoms with Crippen molar-refractivity contribution >= 4 is 17.9 Å². The number of quaternary nitrogens is 1. The van der Waals surface area contributed by atoms with Gasteiger partial charge < -0.3 is 28.6 Å². The van der Waals surface area contributed by atoms with E-state index in [1.807, 2.05) is 12.2 Å². The Hall–Kier alpha value is -3.23. The van der Waals surface area contributed by atoms with Gasteiger partial charge in [-0.3, -0.25) is 9.59 Å². The Balaban J connectivity index is 4.44. The molecule has 0 aromatic carbocycles. The number of carboxylic acids is 1. The van der Waals surface area contributed by atoms with Gasteiger partial charge in [-0.1, -0.05) is 157 Å². The second-order valence-corrected chi connectivity index (χ2v) is 16.3. The number of allylic oxidation sites excluding steroid dienone is 12. The molecular formula is C50H85NO7. The number of carbonyl (C=O) groups is 3. The first-order valence-corrected chi connectivity index (χ1v) is 23.0. The van der Waals surface area contributed by atoms with Crippen molar-refractivity contribution in [2.24, 2.45) is 0 Å². The SMILES string of the molecule is CC/C=C/C/C=C/C/C=C/C/C=C/C/C=C/CCC(=O)OCC(COCCC(C(=O)[O-])[N+](C)(C)C)OC(=O)CCCCCCC/C=C/CCCCCCCCCCC. The highest BCUT2D eigenvalue weighted by molar-refractivity contribution is 5.70. The molecule has 0 N–H and O–H groups in total. The molecule has 0 heterocycles. The lowest BCUT2D eigenvalue weighted by molar-refractivity contribution is -0.889. The first kappa shape index (κ1) is 54.8. The number of hydrogen-bond acceptors (Lipinski definition) is 7. The van der Waals surface area contributed by atoms with Crippen molar-refractivity contribution in [2.45, 2.75) is 187 Å². The molecule has 332 valence electrons. The maximum absolute atomic E-state index is 12.7. The van der Waals surface area contributed by atoms with Crippen molar-refractivity contribution in [3.63, 3.8) is 0 Å². The van der Waals surface area contributed by atoms with Gasteiger partial charge in [-0.15, -0.1) is 0 Å². The molecular weight excluding hydrogens is 727 g/mol. The number of hydrogen-bond donors (Lipinski definition) is 0. The van der Waals surface area contributed by atoms with Crippen molar-refractivity contribution in [2.75, 3.05) is 41.0 Å². The molecule has 0 radical (unpaired) electrons. The van der Waals surface area contributed by atoms with Crippen LogP contribution in [0.3, 0.4) is 0 Å². The summed E-state index contributed by atoms with van der Waals surface area (Å²) < 4.78 is 17.1. The minimum absolute atomic E-state index is 0.0113. The van der Waals surface area contributed by atoms with Crippen LogP contribution in [0.15, 0.2) is 72.9 Å². The molecule has 2 unspecified atom stereocenters. The molecule has 0 saturated carbocycles. The van der Waals surface area contributed by atoms with Crippen molar-refractivity contribution < 1.29 is 38.2 Å². The Labute approximate surface area is 355 Å². The largest absolute Gasteiger partial charge is 0.544 e. The van der Waals surface area contributed by atoms with Crippen molar-refractivity contribution in [1.82, 2.24) is 0 Å². The van der Waals surface area contributed by atoms with Crippen molar-refractivity contribution in [3.05, 3.63) is 72.9 Å². The number of aliphatic carboxylic acids is 1. The van der Waals surface area contributed by atoms with Crippen LogP contribution in [0.5, 0.6) is 0 Å². The Morgan fingerprint density at radius 2 is 1.00 bits per heavy atom. The van der Waals surface area contributed by atoms with E-state index in [4.69, 9.17) is 14.2 Å². The molecule has 58 heavy (non-hydrogen) atoms. The Bertz CT molecular complexity index is 1180. The average Bonchev–Trinajstić information content (AvgIpc) is 3.18. The fraction of sp³-hybridized carbons (Fsp3) is 0.700. The molecule has 0 aromatic rings. The summed E-state index contributed by atoms with van der Waals surface area (Å²) in [5.74, 6) is -1.86. The summed E-state index contributed by atoms with van der Waals surface area (Å²) in [6.45, 7) is 4.45. The highest BCUT2D eigenvalue weighted by Crippen LogP contribution is 2.13. The van der Waals surface area contributed by atoms with E-state index in [9.17, 15) is 19.5 Å². The second kappa shape index (κ2) is 40.5. The van der Waals surface area contributed by atoms with Gasteiger partial charge in [0.25, 0.3) is 0 Å². The smallest absolute Gasteiger partial charge is 0.306 e. The molecule has 8 nitrogen and oxygen atoms in total. The van der Waals surface area contributed by atoms with E-state index in [0.29, 0.717) is 12.8 Å². The summed E-state index contributed by atoms with van der Waals surface area (Å²) >= 11 is 0. The van der Waals surface area contributed by atoms with E-state index in [0.717, 1.165) is 70.6 Å². The van der Waals surface area contributed by atoms with Crippen LogP contribution in [0.4, 0.5) is 0 Å². The number of esters is 2. The van der Waals surface area contributed by atoms with Gasteiger partial charge in [-0.25, -0.2) is 0 Å². The zero-order valence-electron chi connectivity index (χ0n) is 37.7. The molecule has 2 atom stereocenters. The third-order valence-electron chi connectivity index (χ3n) is 9.84. The van der Waals surface area contributed by atoms with Crippen molar-refractivity contribution in [1.29, 1.82) is 0 Å². The average molecular weight is 812 g/mol. The first-order chi connectivity index (χ1) is 28.1.